The number of halogens is 1. The standard InChI is InChI=1S/2C8H12.ClH.Rh/c2*1-2-4-6-8-7-5-3-1;;/h2*1-4H,5-8H2;1H;/q;;;+1/p-1. The molecule has 0 saturated carbocycles. The van der Waals surface area contributed by atoms with E-state index < -0.39 is 0 Å². The van der Waals surface area contributed by atoms with Crippen LogP contribution >= 0.6 is 0 Å². The molecule has 0 aliphatic heterocycles. The van der Waals surface area contributed by atoms with E-state index in [0.29, 0.717) is 0 Å². The molecule has 104 valence electrons. The van der Waals surface area contributed by atoms with Gasteiger partial charge in [-0.1, -0.05) is 48.6 Å². The fraction of sp³-hybridized carbons (Fsp3) is 0.500. The van der Waals surface area contributed by atoms with Crippen LogP contribution in [-0.2, 0) is 19.5 Å². The minimum atomic E-state index is 0. The normalized spacial score (nSPS) is 17.8. The predicted molar refractivity (Wildman–Crippen MR) is 73.5 cm³/mol. The Hall–Kier alpha value is -0.127. The molecular weight excluding hydrogens is 331 g/mol. The third kappa shape index (κ3) is 13.9. The summed E-state index contributed by atoms with van der Waals surface area (Å²) in [7, 11) is 0. The first-order valence-corrected chi connectivity index (χ1v) is 6.63. The van der Waals surface area contributed by atoms with Crippen molar-refractivity contribution in [2.45, 2.75) is 51.4 Å². The van der Waals surface area contributed by atoms with Crippen LogP contribution in [0.25, 0.3) is 0 Å². The molecule has 0 aromatic rings. The fourth-order valence-corrected chi connectivity index (χ4v) is 1.75. The van der Waals surface area contributed by atoms with Crippen molar-refractivity contribution in [1.29, 1.82) is 0 Å². The number of rotatable bonds is 0. The maximum atomic E-state index is 2.23. The molecule has 0 aromatic heterocycles. The van der Waals surface area contributed by atoms with Gasteiger partial charge in [-0.25, -0.2) is 0 Å². The van der Waals surface area contributed by atoms with E-state index in [1.54, 1.807) is 0 Å². The molecule has 18 heavy (non-hydrogen) atoms. The van der Waals surface area contributed by atoms with E-state index in [0.717, 1.165) is 0 Å². The second-order valence-electron chi connectivity index (χ2n) is 4.28. The Kier molecular flexibility index (Phi) is 18.9. The summed E-state index contributed by atoms with van der Waals surface area (Å²) in [4.78, 5) is 0. The SMILES string of the molecule is C1=CCCCCC=C1.C1=CCCCCC=C1.[Cl-].[Rh+]. The van der Waals surface area contributed by atoms with Gasteiger partial charge >= 0.3 is 19.5 Å². The zero-order valence-electron chi connectivity index (χ0n) is 11.0. The van der Waals surface area contributed by atoms with E-state index in [-0.39, 0.29) is 31.9 Å². The molecule has 0 nitrogen and oxygen atoms in total. The second-order valence-corrected chi connectivity index (χ2v) is 4.28. The van der Waals surface area contributed by atoms with Crippen LogP contribution in [0.15, 0.2) is 48.6 Å². The van der Waals surface area contributed by atoms with Crippen LogP contribution in [0.2, 0.25) is 0 Å². The first kappa shape index (κ1) is 20.2. The predicted octanol–water partition coefficient (Wildman–Crippen LogP) is 2.35. The quantitative estimate of drug-likeness (QED) is 0.586. The zero-order valence-corrected chi connectivity index (χ0v) is 13.4. The Balaban J connectivity index is 0. The smallest absolute Gasteiger partial charge is 1.00 e. The summed E-state index contributed by atoms with van der Waals surface area (Å²) in [6.45, 7) is 0. The summed E-state index contributed by atoms with van der Waals surface area (Å²) >= 11 is 0. The first-order chi connectivity index (χ1) is 8.00. The van der Waals surface area contributed by atoms with Gasteiger partial charge in [0.1, 0.15) is 0 Å². The molecule has 0 heterocycles. The van der Waals surface area contributed by atoms with Crippen LogP contribution in [0, 0.1) is 0 Å². The number of hydrogen-bond donors (Lipinski definition) is 0. The zero-order chi connectivity index (χ0) is 11.3. The molecule has 0 atom stereocenters. The average molecular weight is 355 g/mol. The van der Waals surface area contributed by atoms with Crippen molar-refractivity contribution in [3.8, 4) is 0 Å². The molecule has 2 aliphatic carbocycles. The average Bonchev–Trinajstić information content (AvgIpc) is 2.15. The Morgan fingerprint density at radius 2 is 0.667 bits per heavy atom. The molecular formula is C16H24ClRh. The molecule has 0 unspecified atom stereocenters. The van der Waals surface area contributed by atoms with Crippen molar-refractivity contribution in [2.24, 2.45) is 0 Å². The third-order valence-electron chi connectivity index (χ3n) is 2.75. The Bertz CT molecular complexity index is 208. The number of hydrogen-bond acceptors (Lipinski definition) is 0. The summed E-state index contributed by atoms with van der Waals surface area (Å²) in [6, 6.07) is 0. The second kappa shape index (κ2) is 16.9. The monoisotopic (exact) mass is 354 g/mol. The minimum Gasteiger partial charge on any atom is -1.00 e. The van der Waals surface area contributed by atoms with Crippen LogP contribution in [0.1, 0.15) is 51.4 Å². The Morgan fingerprint density at radius 1 is 0.444 bits per heavy atom. The van der Waals surface area contributed by atoms with Crippen LogP contribution in [0.5, 0.6) is 0 Å². The van der Waals surface area contributed by atoms with Crippen molar-refractivity contribution >= 4 is 0 Å². The molecule has 0 bridgehead atoms. The maximum Gasteiger partial charge on any atom is 1.00 e. The third-order valence-corrected chi connectivity index (χ3v) is 2.75. The van der Waals surface area contributed by atoms with Gasteiger partial charge in [-0.2, -0.15) is 0 Å². The Labute approximate surface area is 131 Å². The molecule has 2 heteroatoms. The summed E-state index contributed by atoms with van der Waals surface area (Å²) in [5.41, 5.74) is 0. The Morgan fingerprint density at radius 3 is 0.889 bits per heavy atom. The molecule has 0 saturated heterocycles. The van der Waals surface area contributed by atoms with E-state index in [2.05, 4.69) is 48.6 Å². The van der Waals surface area contributed by atoms with Crippen LogP contribution < -0.4 is 12.4 Å². The summed E-state index contributed by atoms with van der Waals surface area (Å²) in [6.07, 6.45) is 28.0. The van der Waals surface area contributed by atoms with Gasteiger partial charge in [0.15, 0.2) is 0 Å². The molecule has 2 aliphatic rings. The van der Waals surface area contributed by atoms with E-state index in [1.807, 2.05) is 0 Å². The van der Waals surface area contributed by atoms with Gasteiger partial charge in [-0.3, -0.25) is 0 Å². The van der Waals surface area contributed by atoms with Gasteiger partial charge in [-0.05, 0) is 51.4 Å². The van der Waals surface area contributed by atoms with Gasteiger partial charge in [0.25, 0.3) is 0 Å². The van der Waals surface area contributed by atoms with Gasteiger partial charge in [0.2, 0.25) is 0 Å². The molecule has 2 rings (SSSR count). The molecule has 0 aromatic carbocycles. The van der Waals surface area contributed by atoms with Crippen molar-refractivity contribution in [1.82, 2.24) is 0 Å². The summed E-state index contributed by atoms with van der Waals surface area (Å²) < 4.78 is 0. The molecule has 0 fully saturated rings. The fourth-order valence-electron chi connectivity index (χ4n) is 1.75. The van der Waals surface area contributed by atoms with Crippen molar-refractivity contribution in [3.05, 3.63) is 48.6 Å². The van der Waals surface area contributed by atoms with Crippen LogP contribution in [-0.4, -0.2) is 0 Å². The van der Waals surface area contributed by atoms with E-state index in [4.69, 9.17) is 0 Å². The van der Waals surface area contributed by atoms with E-state index in [1.165, 1.54) is 51.4 Å². The van der Waals surface area contributed by atoms with Crippen LogP contribution in [0.3, 0.4) is 0 Å². The summed E-state index contributed by atoms with van der Waals surface area (Å²) in [5, 5.41) is 0. The molecule has 0 N–H and O–H groups in total. The van der Waals surface area contributed by atoms with E-state index >= 15 is 0 Å². The van der Waals surface area contributed by atoms with Gasteiger partial charge in [0.05, 0.1) is 0 Å². The largest absolute Gasteiger partial charge is 1.00 e. The van der Waals surface area contributed by atoms with Crippen LogP contribution in [0.4, 0.5) is 0 Å². The first-order valence-electron chi connectivity index (χ1n) is 6.63. The number of allylic oxidation sites excluding steroid dienone is 8. The molecule has 0 radical (unpaired) electrons. The maximum absolute atomic E-state index is 2.23. The van der Waals surface area contributed by atoms with Gasteiger partial charge < -0.3 is 12.4 Å². The van der Waals surface area contributed by atoms with E-state index in [9.17, 15) is 0 Å². The van der Waals surface area contributed by atoms with Gasteiger partial charge in [0, 0.05) is 0 Å². The summed E-state index contributed by atoms with van der Waals surface area (Å²) in [5.74, 6) is 0. The van der Waals surface area contributed by atoms with Crippen molar-refractivity contribution in [2.75, 3.05) is 0 Å². The topological polar surface area (TPSA) is 0 Å². The van der Waals surface area contributed by atoms with Crippen molar-refractivity contribution in [3.63, 3.8) is 0 Å². The van der Waals surface area contributed by atoms with Crippen molar-refractivity contribution < 1.29 is 31.9 Å². The minimum absolute atomic E-state index is 0. The molecule has 0 amide bonds. The molecule has 0 spiro atoms. The van der Waals surface area contributed by atoms with Gasteiger partial charge in [-0.15, -0.1) is 0 Å².